The molecule has 0 radical (unpaired) electrons. The molecule has 1 heterocycles. The van der Waals surface area contributed by atoms with Crippen LogP contribution in [0.3, 0.4) is 0 Å². The molecule has 3 rings (SSSR count). The fourth-order valence-corrected chi connectivity index (χ4v) is 8.38. The Labute approximate surface area is 464 Å². The zero-order valence-corrected chi connectivity index (χ0v) is 47.6. The number of rotatable bonds is 14. The van der Waals surface area contributed by atoms with Crippen LogP contribution in [-0.4, -0.2) is 168 Å². The van der Waals surface area contributed by atoms with E-state index in [2.05, 4.69) is 9.47 Å². The first kappa shape index (κ1) is 68.5. The number of halogens is 8. The van der Waals surface area contributed by atoms with Crippen molar-refractivity contribution in [1.82, 2.24) is 19.8 Å². The topological polar surface area (TPSA) is 214 Å². The maximum absolute atomic E-state index is 15.7. The smallest absolute Gasteiger partial charge is 0.451 e. The Hall–Kier alpha value is -6.80. The summed E-state index contributed by atoms with van der Waals surface area (Å²) in [6.45, 7) is 13.0. The van der Waals surface area contributed by atoms with Gasteiger partial charge in [-0.15, -0.1) is 31.4 Å². The monoisotopic (exact) mass is 1170 g/mol. The van der Waals surface area contributed by atoms with Crippen molar-refractivity contribution in [3.8, 4) is 11.5 Å². The van der Waals surface area contributed by atoms with Crippen molar-refractivity contribution in [3.63, 3.8) is 0 Å². The third kappa shape index (κ3) is 22.2. The summed E-state index contributed by atoms with van der Waals surface area (Å²) in [5.41, 5.74) is -4.41. The van der Waals surface area contributed by atoms with Gasteiger partial charge in [-0.05, 0) is 102 Å². The molecule has 0 spiro atoms. The number of ether oxygens (including phenoxy) is 6. The maximum atomic E-state index is 15.7. The Morgan fingerprint density at radius 1 is 0.457 bits per heavy atom. The van der Waals surface area contributed by atoms with Crippen molar-refractivity contribution in [2.75, 3.05) is 28.2 Å². The van der Waals surface area contributed by atoms with Gasteiger partial charge in [0.1, 0.15) is 47.0 Å². The van der Waals surface area contributed by atoms with Crippen molar-refractivity contribution in [2.24, 2.45) is 11.8 Å². The van der Waals surface area contributed by atoms with Gasteiger partial charge in [0.15, 0.2) is 18.3 Å². The van der Waals surface area contributed by atoms with Crippen LogP contribution in [0.15, 0.2) is 48.5 Å². The molecular weight excluding hydrogens is 1100 g/mol. The van der Waals surface area contributed by atoms with Crippen molar-refractivity contribution in [1.29, 1.82) is 0 Å². The molecule has 0 aromatic heterocycles. The van der Waals surface area contributed by atoms with Gasteiger partial charge in [0.2, 0.25) is 6.10 Å². The third-order valence-electron chi connectivity index (χ3n) is 12.4. The first-order chi connectivity index (χ1) is 37.1. The molecule has 81 heavy (non-hydrogen) atoms. The second-order valence-electron chi connectivity index (χ2n) is 21.8. The number of benzene rings is 2. The van der Waals surface area contributed by atoms with Gasteiger partial charge >= 0.3 is 42.6 Å². The van der Waals surface area contributed by atoms with E-state index in [-0.39, 0.29) is 29.9 Å². The van der Waals surface area contributed by atoms with E-state index in [1.165, 1.54) is 0 Å². The van der Waals surface area contributed by atoms with Gasteiger partial charge in [0, 0.05) is 53.9 Å². The highest BCUT2D eigenvalue weighted by molar-refractivity contribution is 5.93. The second-order valence-corrected chi connectivity index (χ2v) is 21.8. The molecule has 0 N–H and O–H groups in total. The minimum Gasteiger partial charge on any atom is -0.451 e. The number of carbonyl (C=O) groups is 8. The highest BCUT2D eigenvalue weighted by Crippen LogP contribution is 2.29. The number of esters is 4. The molecule has 0 saturated carbocycles. The number of likely N-dealkylation sites (N-methyl/N-ethyl adjacent to an activating group) is 4. The van der Waals surface area contributed by atoms with Crippen LogP contribution in [0.2, 0.25) is 0 Å². The summed E-state index contributed by atoms with van der Waals surface area (Å²) >= 11 is 0. The molecule has 454 valence electrons. The minimum atomic E-state index is -5.08. The van der Waals surface area contributed by atoms with Crippen molar-refractivity contribution in [2.45, 2.75) is 180 Å². The van der Waals surface area contributed by atoms with E-state index in [4.69, 9.17) is 23.8 Å². The number of carbonyl (C=O) groups excluding carboxylic acids is 8. The molecule has 8 atom stereocenters. The molecule has 2 aromatic carbocycles. The van der Waals surface area contributed by atoms with Crippen molar-refractivity contribution >= 4 is 47.6 Å². The summed E-state index contributed by atoms with van der Waals surface area (Å²) in [6.07, 6.45) is -21.0. The van der Waals surface area contributed by atoms with Gasteiger partial charge in [-0.1, -0.05) is 52.0 Å². The molecule has 1 saturated heterocycles. The van der Waals surface area contributed by atoms with Crippen LogP contribution in [0.5, 0.6) is 11.5 Å². The lowest BCUT2D eigenvalue weighted by atomic mass is 9.98. The van der Waals surface area contributed by atoms with E-state index in [0.29, 0.717) is 14.9 Å². The van der Waals surface area contributed by atoms with Gasteiger partial charge in [0.25, 0.3) is 17.7 Å². The van der Waals surface area contributed by atoms with Crippen molar-refractivity contribution < 1.29 is 107 Å². The Morgan fingerprint density at radius 3 is 1.14 bits per heavy atom. The van der Waals surface area contributed by atoms with E-state index >= 15 is 8.78 Å². The van der Waals surface area contributed by atoms with Crippen LogP contribution in [0.1, 0.15) is 106 Å². The zero-order chi connectivity index (χ0) is 61.9. The molecular formula is C54H72F8N4O15. The molecule has 1 aliphatic heterocycles. The standard InChI is InChI=1S/C54H72F8N4O15/c1-29(2)23-37-46(70)75-31(5)43(67)65(13)40(28-52(9,10)56)49(73)78-42(26-34-17-21-36(22-18-34)80-54(60,61)62)50(74)81-66(14)38(24-30(3)4)47(71)76-32(6)44(68)64(12)39(27-51(7,8)55)48(72)77-41(45(69)63(37)11)25-33-15-19-35(20-16-33)79-53(57,58)59/h15-22,29-32,37-42H,23-28H2,1-14H3/t31-,32-,37-,38-,39-,40-,41-,42-/m0/s1. The van der Waals surface area contributed by atoms with Gasteiger partial charge in [0.05, 0.1) is 0 Å². The van der Waals surface area contributed by atoms with Gasteiger partial charge in [-0.3, -0.25) is 19.2 Å². The van der Waals surface area contributed by atoms with Crippen LogP contribution >= 0.6 is 0 Å². The molecule has 2 aromatic rings. The Morgan fingerprint density at radius 2 is 0.778 bits per heavy atom. The van der Waals surface area contributed by atoms with Crippen LogP contribution in [0, 0.1) is 11.8 Å². The Kier molecular flexibility index (Phi) is 23.9. The van der Waals surface area contributed by atoms with E-state index in [1.54, 1.807) is 27.7 Å². The molecule has 27 heteroatoms. The molecule has 19 nitrogen and oxygen atoms in total. The van der Waals surface area contributed by atoms with Gasteiger partial charge < -0.3 is 48.0 Å². The molecule has 0 bridgehead atoms. The quantitative estimate of drug-likeness (QED) is 0.101. The number of alkyl halides is 8. The Balaban J connectivity index is 2.30. The largest absolute Gasteiger partial charge is 0.573 e. The fraction of sp³-hybridized carbons (Fsp3) is 0.630. The molecule has 0 unspecified atom stereocenters. The average molecular weight is 1170 g/mol. The average Bonchev–Trinajstić information content (AvgIpc) is 3.40. The minimum absolute atomic E-state index is 0.0468. The zero-order valence-electron chi connectivity index (χ0n) is 47.6. The van der Waals surface area contributed by atoms with Gasteiger partial charge in [-0.2, -0.15) is 0 Å². The summed E-state index contributed by atoms with van der Waals surface area (Å²) in [5.74, 6) is -12.2. The van der Waals surface area contributed by atoms with Crippen LogP contribution < -0.4 is 9.47 Å². The number of hydrogen-bond donors (Lipinski definition) is 0. The number of cyclic esters (lactones) is 4. The SMILES string of the molecule is CC(C)C[C@H]1C(=O)O[C@@H](C)C(=O)N(C)[C@@H](CC(C)(C)F)C(=O)O[C@@H](Cc2ccc(OC(F)(F)F)cc2)C(=O)N(C)[C@@H](CC(C)C)C(=O)O[C@@H](C)C(=O)N(C)[C@@H](CC(C)(C)F)C(=O)O[C@@H](Cc2ccc(OC(F)(F)F)cc2)C(=O)ON1C. The lowest BCUT2D eigenvalue weighted by Gasteiger charge is -2.35. The summed E-state index contributed by atoms with van der Waals surface area (Å²) in [6, 6.07) is 1.04. The maximum Gasteiger partial charge on any atom is 0.573 e. The van der Waals surface area contributed by atoms with E-state index in [0.717, 1.165) is 123 Å². The normalized spacial score (nSPS) is 24.0. The van der Waals surface area contributed by atoms with Crippen LogP contribution in [0.4, 0.5) is 35.1 Å². The number of hydrogen-bond acceptors (Lipinski definition) is 16. The molecule has 1 fully saturated rings. The van der Waals surface area contributed by atoms with E-state index in [9.17, 15) is 64.7 Å². The molecule has 3 amide bonds. The van der Waals surface area contributed by atoms with E-state index in [1.807, 2.05) is 0 Å². The van der Waals surface area contributed by atoms with Crippen LogP contribution in [0.25, 0.3) is 0 Å². The first-order valence-electron chi connectivity index (χ1n) is 25.7. The van der Waals surface area contributed by atoms with Gasteiger partial charge in [-0.25, -0.2) is 28.0 Å². The summed E-state index contributed by atoms with van der Waals surface area (Å²) in [7, 11) is 4.29. The predicted octanol–water partition coefficient (Wildman–Crippen LogP) is 7.58. The lowest BCUT2D eigenvalue weighted by molar-refractivity contribution is -0.275. The van der Waals surface area contributed by atoms with E-state index < -0.39 is 163 Å². The summed E-state index contributed by atoms with van der Waals surface area (Å²) in [4.78, 5) is 122. The number of amides is 3. The third-order valence-corrected chi connectivity index (χ3v) is 12.4. The summed E-state index contributed by atoms with van der Waals surface area (Å²) < 4.78 is 140. The fourth-order valence-electron chi connectivity index (χ4n) is 8.38. The van der Waals surface area contributed by atoms with Crippen molar-refractivity contribution in [3.05, 3.63) is 59.7 Å². The Bertz CT molecular complexity index is 2500. The highest BCUT2D eigenvalue weighted by Gasteiger charge is 2.44. The van der Waals surface area contributed by atoms with Crippen LogP contribution in [-0.2, 0) is 75.0 Å². The lowest BCUT2D eigenvalue weighted by Crippen LogP contribution is -2.54. The first-order valence-corrected chi connectivity index (χ1v) is 25.7. The summed E-state index contributed by atoms with van der Waals surface area (Å²) in [5, 5.41) is 0.714. The number of hydroxylamine groups is 2. The second kappa shape index (κ2) is 28.3. The molecule has 1 aliphatic rings. The predicted molar refractivity (Wildman–Crippen MR) is 270 cm³/mol. The molecule has 0 aliphatic carbocycles. The number of nitrogens with zero attached hydrogens (tertiary/aromatic N) is 4. The highest BCUT2D eigenvalue weighted by atomic mass is 19.4.